The third-order valence-corrected chi connectivity index (χ3v) is 4.89. The van der Waals surface area contributed by atoms with E-state index in [2.05, 4.69) is 73.3 Å². The predicted molar refractivity (Wildman–Crippen MR) is 91.0 cm³/mol. The zero-order valence-electron chi connectivity index (χ0n) is 13.5. The van der Waals surface area contributed by atoms with E-state index in [1.54, 1.807) is 5.57 Å². The number of nitrogens with zero attached hydrogens (tertiary/aromatic N) is 2. The lowest BCUT2D eigenvalue weighted by Gasteiger charge is -2.31. The summed E-state index contributed by atoms with van der Waals surface area (Å²) in [6.07, 6.45) is 9.23. The van der Waals surface area contributed by atoms with Gasteiger partial charge in [0.05, 0.1) is 0 Å². The molecule has 0 spiro atoms. The summed E-state index contributed by atoms with van der Waals surface area (Å²) < 4.78 is 0. The van der Waals surface area contributed by atoms with E-state index in [0.29, 0.717) is 0 Å². The van der Waals surface area contributed by atoms with Gasteiger partial charge < -0.3 is 9.80 Å². The molecule has 3 rings (SSSR count). The Morgan fingerprint density at radius 1 is 1.24 bits per heavy atom. The Morgan fingerprint density at radius 3 is 2.76 bits per heavy atom. The number of hydrogen-bond acceptors (Lipinski definition) is 2. The van der Waals surface area contributed by atoms with Gasteiger partial charge >= 0.3 is 0 Å². The van der Waals surface area contributed by atoms with Crippen molar-refractivity contribution in [1.82, 2.24) is 4.90 Å². The lowest BCUT2D eigenvalue weighted by molar-refractivity contribution is 0.410. The van der Waals surface area contributed by atoms with Crippen LogP contribution in [-0.4, -0.2) is 38.6 Å². The molecule has 1 unspecified atom stereocenters. The van der Waals surface area contributed by atoms with Crippen LogP contribution >= 0.6 is 0 Å². The molecule has 2 nitrogen and oxygen atoms in total. The maximum Gasteiger partial charge on any atom is 0.0409 e. The fourth-order valence-corrected chi connectivity index (χ4v) is 3.63. The first-order valence-electron chi connectivity index (χ1n) is 7.96. The largest absolute Gasteiger partial charge is 0.369 e. The van der Waals surface area contributed by atoms with Gasteiger partial charge in [0.15, 0.2) is 0 Å². The summed E-state index contributed by atoms with van der Waals surface area (Å²) >= 11 is 0. The SMILES string of the molecule is CN(C)CCN1CC(C)(C2=CC=CCC2)c2ccccc21. The van der Waals surface area contributed by atoms with Crippen molar-refractivity contribution in [1.29, 1.82) is 0 Å². The van der Waals surface area contributed by atoms with Crippen LogP contribution in [0.15, 0.2) is 48.1 Å². The van der Waals surface area contributed by atoms with Crippen LogP contribution in [-0.2, 0) is 5.41 Å². The Bertz CT molecular complexity index is 571. The highest BCUT2D eigenvalue weighted by Gasteiger charge is 2.40. The number of benzene rings is 1. The van der Waals surface area contributed by atoms with Gasteiger partial charge in [-0.2, -0.15) is 0 Å². The highest BCUT2D eigenvalue weighted by molar-refractivity contribution is 5.65. The molecule has 0 radical (unpaired) electrons. The quantitative estimate of drug-likeness (QED) is 0.832. The number of likely N-dealkylation sites (N-methyl/N-ethyl adjacent to an activating group) is 1. The first-order valence-corrected chi connectivity index (χ1v) is 7.96. The minimum absolute atomic E-state index is 0.174. The fraction of sp³-hybridized carbons (Fsp3) is 0.474. The second kappa shape index (κ2) is 5.69. The molecule has 0 amide bonds. The molecule has 0 bridgehead atoms. The lowest BCUT2D eigenvalue weighted by atomic mass is 9.74. The molecule has 112 valence electrons. The number of para-hydroxylation sites is 1. The molecule has 0 N–H and O–H groups in total. The van der Waals surface area contributed by atoms with Gasteiger partial charge in [-0.1, -0.05) is 42.0 Å². The van der Waals surface area contributed by atoms with Gasteiger partial charge in [-0.05, 0) is 45.5 Å². The summed E-state index contributed by atoms with van der Waals surface area (Å²) in [6, 6.07) is 8.97. The van der Waals surface area contributed by atoms with Crippen molar-refractivity contribution in [3.8, 4) is 0 Å². The number of anilines is 1. The number of rotatable bonds is 4. The van der Waals surface area contributed by atoms with Crippen molar-refractivity contribution in [2.75, 3.05) is 38.6 Å². The standard InChI is InChI=1S/C19H26N2/c1-19(16-9-5-4-6-10-16)15-21(14-13-20(2)3)18-12-8-7-11-17(18)19/h4-5,7-9,11-12H,6,10,13-15H2,1-3H3. The minimum Gasteiger partial charge on any atom is -0.369 e. The Hall–Kier alpha value is -1.54. The average molecular weight is 282 g/mol. The number of allylic oxidation sites excluding steroid dienone is 3. The molecule has 1 aromatic carbocycles. The summed E-state index contributed by atoms with van der Waals surface area (Å²) in [5.41, 5.74) is 4.70. The van der Waals surface area contributed by atoms with E-state index < -0.39 is 0 Å². The van der Waals surface area contributed by atoms with Gasteiger partial charge in [0.1, 0.15) is 0 Å². The monoisotopic (exact) mass is 282 g/mol. The zero-order valence-corrected chi connectivity index (χ0v) is 13.5. The summed E-state index contributed by atoms with van der Waals surface area (Å²) in [5.74, 6) is 0. The summed E-state index contributed by atoms with van der Waals surface area (Å²) in [5, 5.41) is 0. The molecule has 2 aliphatic rings. The van der Waals surface area contributed by atoms with Gasteiger partial charge in [-0.25, -0.2) is 0 Å². The number of fused-ring (bicyclic) bond motifs is 1. The van der Waals surface area contributed by atoms with Gasteiger partial charge in [0, 0.05) is 30.7 Å². The van der Waals surface area contributed by atoms with Gasteiger partial charge in [0.2, 0.25) is 0 Å². The van der Waals surface area contributed by atoms with Gasteiger partial charge in [-0.15, -0.1) is 0 Å². The van der Waals surface area contributed by atoms with Crippen LogP contribution in [0.3, 0.4) is 0 Å². The smallest absolute Gasteiger partial charge is 0.0409 e. The van der Waals surface area contributed by atoms with Crippen molar-refractivity contribution in [2.45, 2.75) is 25.2 Å². The number of hydrogen-bond donors (Lipinski definition) is 0. The first kappa shape index (κ1) is 14.4. The third kappa shape index (κ3) is 2.65. The van der Waals surface area contributed by atoms with Crippen LogP contribution in [0.25, 0.3) is 0 Å². The fourth-order valence-electron chi connectivity index (χ4n) is 3.63. The normalized spacial score (nSPS) is 24.4. The molecular formula is C19H26N2. The van der Waals surface area contributed by atoms with E-state index in [1.807, 2.05) is 0 Å². The summed E-state index contributed by atoms with van der Waals surface area (Å²) in [6.45, 7) is 5.73. The van der Waals surface area contributed by atoms with Crippen LogP contribution in [0.2, 0.25) is 0 Å². The predicted octanol–water partition coefficient (Wildman–Crippen LogP) is 3.60. The Balaban J connectivity index is 1.93. The molecule has 1 atom stereocenters. The molecule has 0 fully saturated rings. The van der Waals surface area contributed by atoms with E-state index in [4.69, 9.17) is 0 Å². The van der Waals surface area contributed by atoms with Crippen LogP contribution in [0, 0.1) is 0 Å². The van der Waals surface area contributed by atoms with Crippen LogP contribution < -0.4 is 4.90 Å². The minimum atomic E-state index is 0.174. The Kier molecular flexibility index (Phi) is 3.90. The van der Waals surface area contributed by atoms with Gasteiger partial charge in [-0.3, -0.25) is 0 Å². The van der Waals surface area contributed by atoms with E-state index in [1.165, 1.54) is 24.1 Å². The molecular weight excluding hydrogens is 256 g/mol. The van der Waals surface area contributed by atoms with Crippen LogP contribution in [0.5, 0.6) is 0 Å². The molecule has 2 heteroatoms. The molecule has 0 aromatic heterocycles. The second-order valence-electron chi connectivity index (χ2n) is 6.73. The first-order chi connectivity index (χ1) is 10.1. The molecule has 1 aromatic rings. The van der Waals surface area contributed by atoms with Crippen molar-refractivity contribution >= 4 is 5.69 Å². The maximum atomic E-state index is 2.56. The molecule has 0 saturated carbocycles. The van der Waals surface area contributed by atoms with Gasteiger partial charge in [0.25, 0.3) is 0 Å². The van der Waals surface area contributed by atoms with Crippen molar-refractivity contribution in [3.05, 3.63) is 53.6 Å². The molecule has 1 aliphatic heterocycles. The van der Waals surface area contributed by atoms with E-state index >= 15 is 0 Å². The average Bonchev–Trinajstić information content (AvgIpc) is 2.81. The molecule has 1 heterocycles. The zero-order chi connectivity index (χ0) is 14.9. The van der Waals surface area contributed by atoms with Crippen LogP contribution in [0.4, 0.5) is 5.69 Å². The lowest BCUT2D eigenvalue weighted by Crippen LogP contribution is -2.36. The van der Waals surface area contributed by atoms with Crippen LogP contribution in [0.1, 0.15) is 25.3 Å². The summed E-state index contributed by atoms with van der Waals surface area (Å²) in [4.78, 5) is 4.83. The van der Waals surface area contributed by atoms with Crippen molar-refractivity contribution in [2.24, 2.45) is 0 Å². The molecule has 0 saturated heterocycles. The maximum absolute atomic E-state index is 2.56. The molecule has 1 aliphatic carbocycles. The summed E-state index contributed by atoms with van der Waals surface area (Å²) in [7, 11) is 4.30. The Morgan fingerprint density at radius 2 is 2.05 bits per heavy atom. The topological polar surface area (TPSA) is 6.48 Å². The molecule has 21 heavy (non-hydrogen) atoms. The highest BCUT2D eigenvalue weighted by Crippen LogP contribution is 2.46. The van der Waals surface area contributed by atoms with E-state index in [-0.39, 0.29) is 5.41 Å². The van der Waals surface area contributed by atoms with E-state index in [9.17, 15) is 0 Å². The third-order valence-electron chi connectivity index (χ3n) is 4.89. The van der Waals surface area contributed by atoms with E-state index in [0.717, 1.165) is 19.6 Å². The Labute approximate surface area is 128 Å². The highest BCUT2D eigenvalue weighted by atomic mass is 15.2. The second-order valence-corrected chi connectivity index (χ2v) is 6.73. The van der Waals surface area contributed by atoms with Crippen molar-refractivity contribution < 1.29 is 0 Å². The van der Waals surface area contributed by atoms with Crippen molar-refractivity contribution in [3.63, 3.8) is 0 Å².